The van der Waals surface area contributed by atoms with Gasteiger partial charge in [0.25, 0.3) is 5.91 Å². The van der Waals surface area contributed by atoms with Crippen LogP contribution in [0.5, 0.6) is 0 Å². The summed E-state index contributed by atoms with van der Waals surface area (Å²) in [6.45, 7) is 1.61. The molecule has 5 heteroatoms. The normalized spacial score (nSPS) is 27.1. The quantitative estimate of drug-likeness (QED) is 0.917. The standard InChI is InChI=1S/C17H20N4O/c18-15-7-6-12-10-20(11-14(12)15)17(22)16-8-9-21(19-16)13-4-2-1-3-5-13/h1-5,8-9,12,14-15H,6-7,10-11,18H2. The highest BCUT2D eigenvalue weighted by Crippen LogP contribution is 2.37. The Labute approximate surface area is 129 Å². The fraction of sp³-hybridized carbons (Fsp3) is 0.412. The van der Waals surface area contributed by atoms with E-state index < -0.39 is 0 Å². The average Bonchev–Trinajstić information content (AvgIpc) is 3.25. The summed E-state index contributed by atoms with van der Waals surface area (Å²) in [5, 5.41) is 4.43. The van der Waals surface area contributed by atoms with Crippen LogP contribution in [-0.2, 0) is 0 Å². The summed E-state index contributed by atoms with van der Waals surface area (Å²) in [7, 11) is 0. The molecule has 3 atom stereocenters. The van der Waals surface area contributed by atoms with Crippen molar-refractivity contribution in [3.8, 4) is 5.69 Å². The highest BCUT2D eigenvalue weighted by Gasteiger charge is 2.42. The Hall–Kier alpha value is -2.14. The molecule has 0 radical (unpaired) electrons. The molecule has 3 unspecified atom stereocenters. The maximum atomic E-state index is 12.6. The largest absolute Gasteiger partial charge is 0.337 e. The Bertz CT molecular complexity index is 681. The third kappa shape index (κ3) is 2.22. The molecule has 1 saturated carbocycles. The number of nitrogens with zero attached hydrogens (tertiary/aromatic N) is 3. The number of rotatable bonds is 2. The molecule has 2 aliphatic rings. The minimum atomic E-state index is 0.0243. The minimum Gasteiger partial charge on any atom is -0.337 e. The fourth-order valence-electron chi connectivity index (χ4n) is 3.80. The van der Waals surface area contributed by atoms with Gasteiger partial charge < -0.3 is 10.6 Å². The first-order valence-electron chi connectivity index (χ1n) is 7.88. The molecule has 0 spiro atoms. The topological polar surface area (TPSA) is 64.2 Å². The molecule has 1 aromatic carbocycles. The van der Waals surface area contributed by atoms with Gasteiger partial charge in [-0.3, -0.25) is 4.79 Å². The van der Waals surface area contributed by atoms with E-state index in [1.165, 1.54) is 0 Å². The van der Waals surface area contributed by atoms with E-state index in [1.54, 1.807) is 10.7 Å². The van der Waals surface area contributed by atoms with E-state index in [1.807, 2.05) is 41.4 Å². The maximum absolute atomic E-state index is 12.6. The van der Waals surface area contributed by atoms with Gasteiger partial charge in [-0.1, -0.05) is 18.2 Å². The van der Waals surface area contributed by atoms with E-state index in [0.29, 0.717) is 17.5 Å². The molecule has 2 N–H and O–H groups in total. The Morgan fingerprint density at radius 1 is 1.14 bits per heavy atom. The second-order valence-electron chi connectivity index (χ2n) is 6.36. The Kier molecular flexibility index (Phi) is 3.22. The number of hydrogen-bond acceptors (Lipinski definition) is 3. The van der Waals surface area contributed by atoms with Crippen molar-refractivity contribution in [2.45, 2.75) is 18.9 Å². The predicted molar refractivity (Wildman–Crippen MR) is 83.7 cm³/mol. The minimum absolute atomic E-state index is 0.0243. The van der Waals surface area contributed by atoms with Gasteiger partial charge in [-0.25, -0.2) is 4.68 Å². The number of aromatic nitrogens is 2. The van der Waals surface area contributed by atoms with Gasteiger partial charge in [-0.15, -0.1) is 0 Å². The summed E-state index contributed by atoms with van der Waals surface area (Å²) < 4.78 is 1.75. The third-order valence-corrected chi connectivity index (χ3v) is 5.03. The molecule has 5 nitrogen and oxygen atoms in total. The van der Waals surface area contributed by atoms with Gasteiger partial charge in [0.2, 0.25) is 0 Å². The van der Waals surface area contributed by atoms with Gasteiger partial charge in [0, 0.05) is 25.3 Å². The van der Waals surface area contributed by atoms with E-state index in [-0.39, 0.29) is 11.9 Å². The molecule has 2 aromatic rings. The van der Waals surface area contributed by atoms with Crippen molar-refractivity contribution < 1.29 is 4.79 Å². The monoisotopic (exact) mass is 296 g/mol. The highest BCUT2D eigenvalue weighted by molar-refractivity contribution is 5.92. The Balaban J connectivity index is 1.51. The average molecular weight is 296 g/mol. The van der Waals surface area contributed by atoms with E-state index >= 15 is 0 Å². The first-order chi connectivity index (χ1) is 10.7. The van der Waals surface area contributed by atoms with Gasteiger partial charge in [0.05, 0.1) is 5.69 Å². The van der Waals surface area contributed by atoms with Gasteiger partial charge >= 0.3 is 0 Å². The van der Waals surface area contributed by atoms with E-state index in [0.717, 1.165) is 31.6 Å². The van der Waals surface area contributed by atoms with Gasteiger partial charge in [-0.05, 0) is 42.9 Å². The van der Waals surface area contributed by atoms with Crippen molar-refractivity contribution in [2.24, 2.45) is 17.6 Å². The number of hydrogen-bond donors (Lipinski definition) is 1. The molecule has 1 aliphatic heterocycles. The van der Waals surface area contributed by atoms with Crippen LogP contribution >= 0.6 is 0 Å². The smallest absolute Gasteiger partial charge is 0.274 e. The first kappa shape index (κ1) is 13.5. The summed E-state index contributed by atoms with van der Waals surface area (Å²) in [5.74, 6) is 1.08. The molecule has 114 valence electrons. The van der Waals surface area contributed by atoms with Crippen LogP contribution in [0.4, 0.5) is 0 Å². The van der Waals surface area contributed by atoms with Crippen molar-refractivity contribution in [1.82, 2.24) is 14.7 Å². The number of benzene rings is 1. The van der Waals surface area contributed by atoms with Crippen molar-refractivity contribution >= 4 is 5.91 Å². The van der Waals surface area contributed by atoms with Crippen LogP contribution in [0.3, 0.4) is 0 Å². The Morgan fingerprint density at radius 2 is 1.95 bits per heavy atom. The number of carbonyl (C=O) groups is 1. The lowest BCUT2D eigenvalue weighted by Gasteiger charge is -2.17. The van der Waals surface area contributed by atoms with Gasteiger partial charge in [0.1, 0.15) is 0 Å². The predicted octanol–water partition coefficient (Wildman–Crippen LogP) is 1.68. The molecular formula is C17H20N4O. The van der Waals surface area contributed by atoms with Crippen molar-refractivity contribution in [2.75, 3.05) is 13.1 Å². The summed E-state index contributed by atoms with van der Waals surface area (Å²) >= 11 is 0. The maximum Gasteiger partial charge on any atom is 0.274 e. The number of fused-ring (bicyclic) bond motifs is 1. The molecule has 4 rings (SSSR count). The third-order valence-electron chi connectivity index (χ3n) is 5.03. The van der Waals surface area contributed by atoms with Crippen LogP contribution in [0.15, 0.2) is 42.6 Å². The van der Waals surface area contributed by atoms with Gasteiger partial charge in [0.15, 0.2) is 5.69 Å². The second-order valence-corrected chi connectivity index (χ2v) is 6.36. The number of likely N-dealkylation sites (tertiary alicyclic amines) is 1. The lowest BCUT2D eigenvalue weighted by molar-refractivity contribution is 0.0773. The summed E-state index contributed by atoms with van der Waals surface area (Å²) in [5.41, 5.74) is 7.61. The molecule has 1 amide bonds. The molecule has 1 aromatic heterocycles. The van der Waals surface area contributed by atoms with Crippen LogP contribution in [0.25, 0.3) is 5.69 Å². The van der Waals surface area contributed by atoms with E-state index in [9.17, 15) is 4.79 Å². The van der Waals surface area contributed by atoms with Crippen LogP contribution in [0, 0.1) is 11.8 Å². The zero-order valence-electron chi connectivity index (χ0n) is 12.4. The Morgan fingerprint density at radius 3 is 2.73 bits per heavy atom. The van der Waals surface area contributed by atoms with Crippen LogP contribution in [0.1, 0.15) is 23.3 Å². The van der Waals surface area contributed by atoms with Crippen molar-refractivity contribution in [3.63, 3.8) is 0 Å². The summed E-state index contributed by atoms with van der Waals surface area (Å²) in [4.78, 5) is 14.6. The molecule has 0 bridgehead atoms. The van der Waals surface area contributed by atoms with Crippen molar-refractivity contribution in [1.29, 1.82) is 0 Å². The zero-order chi connectivity index (χ0) is 15.1. The first-order valence-corrected chi connectivity index (χ1v) is 7.88. The lowest BCUT2D eigenvalue weighted by Crippen LogP contribution is -2.33. The van der Waals surface area contributed by atoms with Crippen LogP contribution in [0.2, 0.25) is 0 Å². The molecule has 2 heterocycles. The van der Waals surface area contributed by atoms with Crippen LogP contribution in [-0.4, -0.2) is 39.7 Å². The molecule has 1 aliphatic carbocycles. The van der Waals surface area contributed by atoms with Gasteiger partial charge in [-0.2, -0.15) is 5.10 Å². The van der Waals surface area contributed by atoms with Crippen molar-refractivity contribution in [3.05, 3.63) is 48.3 Å². The number of para-hydroxylation sites is 1. The number of amides is 1. The zero-order valence-corrected chi connectivity index (χ0v) is 12.4. The second kappa shape index (κ2) is 5.25. The molecule has 22 heavy (non-hydrogen) atoms. The molecule has 2 fully saturated rings. The number of nitrogens with two attached hydrogens (primary N) is 1. The summed E-state index contributed by atoms with van der Waals surface area (Å²) in [6, 6.07) is 11.9. The number of carbonyl (C=O) groups excluding carboxylic acids is 1. The van der Waals surface area contributed by atoms with Crippen LogP contribution < -0.4 is 5.73 Å². The highest BCUT2D eigenvalue weighted by atomic mass is 16.2. The molecule has 1 saturated heterocycles. The lowest BCUT2D eigenvalue weighted by atomic mass is 9.98. The van der Waals surface area contributed by atoms with E-state index in [2.05, 4.69) is 5.10 Å². The SMILES string of the molecule is NC1CCC2CN(C(=O)c3ccn(-c4ccccc4)n3)CC12. The van der Waals surface area contributed by atoms with E-state index in [4.69, 9.17) is 5.73 Å². The summed E-state index contributed by atoms with van der Waals surface area (Å²) in [6.07, 6.45) is 4.08. The molecular weight excluding hydrogens is 276 g/mol. The fourth-order valence-corrected chi connectivity index (χ4v) is 3.80.